The maximum Gasteiger partial charge on any atom is 0.193 e. The van der Waals surface area contributed by atoms with Crippen LogP contribution in [0.3, 0.4) is 0 Å². The van der Waals surface area contributed by atoms with Gasteiger partial charge in [0.2, 0.25) is 0 Å². The molecule has 0 radical (unpaired) electrons. The Balaban J connectivity index is 1.75. The topological polar surface area (TPSA) is 37.3 Å². The van der Waals surface area contributed by atoms with E-state index in [2.05, 4.69) is 81.9 Å². The number of hydrogen-bond acceptors (Lipinski definition) is 2. The molecule has 0 bridgehead atoms. The molecule has 4 rings (SSSR count). The number of benzene rings is 4. The molecule has 144 valence electrons. The third-order valence-electron chi connectivity index (χ3n) is 4.71. The molecule has 0 heterocycles. The number of phenolic OH excluding ortho intramolecular Hbond substituents is 1. The standard InChI is InChI=1S/C25H19IO2S/c26-29(22-7-3-1-4-8-22,23-9-5-2-6-10-23)24-17-13-20(14-18-24)25(28)19-11-15-21(27)16-12-19/h1-18,27H. The molecule has 0 unspecified atom stereocenters. The largest absolute Gasteiger partial charge is 0.508 e. The van der Waals surface area contributed by atoms with Crippen LogP contribution in [0.5, 0.6) is 5.75 Å². The first kappa shape index (κ1) is 19.7. The Morgan fingerprint density at radius 3 is 1.41 bits per heavy atom. The first-order valence-corrected chi connectivity index (χ1v) is 13.3. The van der Waals surface area contributed by atoms with Crippen molar-refractivity contribution in [1.29, 1.82) is 0 Å². The molecule has 0 aliphatic heterocycles. The van der Waals surface area contributed by atoms with Crippen LogP contribution in [0.2, 0.25) is 0 Å². The zero-order chi connectivity index (χ0) is 20.3. The highest BCUT2D eigenvalue weighted by atomic mass is 127. The lowest BCUT2D eigenvalue weighted by Crippen LogP contribution is -2.02. The Kier molecular flexibility index (Phi) is 5.74. The zero-order valence-corrected chi connectivity index (χ0v) is 18.5. The van der Waals surface area contributed by atoms with Gasteiger partial charge in [-0.3, -0.25) is 4.79 Å². The molecule has 29 heavy (non-hydrogen) atoms. The smallest absolute Gasteiger partial charge is 0.193 e. The highest BCUT2D eigenvalue weighted by Gasteiger charge is 2.28. The molecule has 0 aliphatic carbocycles. The van der Waals surface area contributed by atoms with Crippen molar-refractivity contribution in [3.63, 3.8) is 0 Å². The number of ketones is 1. The average molecular weight is 510 g/mol. The SMILES string of the molecule is O=C(c1ccc(O)cc1)c1ccc(S(I)(c2ccccc2)c2ccccc2)cc1. The fourth-order valence-electron chi connectivity index (χ4n) is 3.20. The van der Waals surface area contributed by atoms with Gasteiger partial charge in [-0.1, -0.05) is 36.4 Å². The lowest BCUT2D eigenvalue weighted by atomic mass is 10.0. The summed E-state index contributed by atoms with van der Waals surface area (Å²) in [5.74, 6) is 0.103. The van der Waals surface area contributed by atoms with E-state index in [-0.39, 0.29) is 11.5 Å². The third-order valence-corrected chi connectivity index (χ3v) is 12.0. The van der Waals surface area contributed by atoms with Crippen LogP contribution in [0.15, 0.2) is 124 Å². The number of carbonyl (C=O) groups is 1. The second-order valence-corrected chi connectivity index (χ2v) is 13.0. The van der Waals surface area contributed by atoms with Gasteiger partial charge in [-0.25, -0.2) is 0 Å². The molecule has 0 atom stereocenters. The van der Waals surface area contributed by atoms with Crippen molar-refractivity contribution in [2.24, 2.45) is 0 Å². The van der Waals surface area contributed by atoms with E-state index in [9.17, 15) is 9.90 Å². The van der Waals surface area contributed by atoms with Crippen LogP contribution in [0.4, 0.5) is 0 Å². The molecule has 4 aromatic rings. The number of aromatic hydroxyl groups is 1. The molecular weight excluding hydrogens is 491 g/mol. The van der Waals surface area contributed by atoms with Gasteiger partial charge in [-0.2, -0.15) is 0 Å². The summed E-state index contributed by atoms with van der Waals surface area (Å²) >= 11 is 2.59. The molecule has 0 amide bonds. The summed E-state index contributed by atoms with van der Waals surface area (Å²) in [7, 11) is -1.46. The predicted molar refractivity (Wildman–Crippen MR) is 127 cm³/mol. The van der Waals surface area contributed by atoms with E-state index in [4.69, 9.17) is 0 Å². The van der Waals surface area contributed by atoms with Gasteiger partial charge in [0.05, 0.1) is 0 Å². The summed E-state index contributed by atoms with van der Waals surface area (Å²) in [6.45, 7) is 0. The lowest BCUT2D eigenvalue weighted by molar-refractivity contribution is 0.103. The minimum Gasteiger partial charge on any atom is -0.508 e. The Morgan fingerprint density at radius 2 is 0.966 bits per heavy atom. The van der Waals surface area contributed by atoms with Crippen LogP contribution in [0, 0.1) is 0 Å². The van der Waals surface area contributed by atoms with E-state index in [0.717, 1.165) is 0 Å². The van der Waals surface area contributed by atoms with Gasteiger partial charge in [0.15, 0.2) is 5.78 Å². The first-order chi connectivity index (χ1) is 14.1. The summed E-state index contributed by atoms with van der Waals surface area (Å²) in [6.07, 6.45) is 0. The van der Waals surface area contributed by atoms with Crippen molar-refractivity contribution in [1.82, 2.24) is 0 Å². The van der Waals surface area contributed by atoms with E-state index in [1.54, 1.807) is 12.1 Å². The summed E-state index contributed by atoms with van der Waals surface area (Å²) in [6, 6.07) is 35.3. The Morgan fingerprint density at radius 1 is 0.586 bits per heavy atom. The molecule has 0 saturated heterocycles. The Labute approximate surface area is 184 Å². The molecule has 2 nitrogen and oxygen atoms in total. The van der Waals surface area contributed by atoms with Crippen molar-refractivity contribution in [3.05, 3.63) is 120 Å². The molecule has 0 aliphatic rings. The van der Waals surface area contributed by atoms with Gasteiger partial charge in [0, 0.05) is 25.8 Å². The van der Waals surface area contributed by atoms with Crippen LogP contribution in [-0.4, -0.2) is 10.9 Å². The van der Waals surface area contributed by atoms with Crippen LogP contribution in [-0.2, 0) is 0 Å². The van der Waals surface area contributed by atoms with E-state index < -0.39 is 7.20 Å². The molecule has 0 spiro atoms. The minimum absolute atomic E-state index is 0.0509. The van der Waals surface area contributed by atoms with Gasteiger partial charge in [0.25, 0.3) is 0 Å². The number of phenols is 1. The molecule has 1 N–H and O–H groups in total. The number of carbonyl (C=O) groups excluding carboxylic acids is 1. The van der Waals surface area contributed by atoms with Crippen LogP contribution in [0.25, 0.3) is 0 Å². The predicted octanol–water partition coefficient (Wildman–Crippen LogP) is 7.25. The van der Waals surface area contributed by atoms with Crippen molar-refractivity contribution in [3.8, 4) is 5.75 Å². The van der Waals surface area contributed by atoms with Crippen LogP contribution < -0.4 is 0 Å². The Bertz CT molecular complexity index is 1070. The molecule has 4 aromatic carbocycles. The van der Waals surface area contributed by atoms with E-state index in [1.807, 2.05) is 24.3 Å². The van der Waals surface area contributed by atoms with Gasteiger partial charge in [-0.05, 0) is 94.0 Å². The molecule has 0 aromatic heterocycles. The summed E-state index contributed by atoms with van der Waals surface area (Å²) in [4.78, 5) is 16.5. The Hall–Kier alpha value is -2.57. The number of halogens is 1. The molecular formula is C25H19IO2S. The summed E-state index contributed by atoms with van der Waals surface area (Å²) in [5, 5.41) is 9.44. The van der Waals surface area contributed by atoms with Crippen molar-refractivity contribution in [2.45, 2.75) is 14.7 Å². The zero-order valence-electron chi connectivity index (χ0n) is 15.5. The number of hydrogen-bond donors (Lipinski definition) is 1. The summed E-state index contributed by atoms with van der Waals surface area (Å²) < 4.78 is 0. The van der Waals surface area contributed by atoms with E-state index in [1.165, 1.54) is 26.8 Å². The maximum absolute atomic E-state index is 12.8. The monoisotopic (exact) mass is 510 g/mol. The van der Waals surface area contributed by atoms with Gasteiger partial charge in [-0.15, -0.1) is 7.20 Å². The lowest BCUT2D eigenvalue weighted by Gasteiger charge is -2.35. The highest BCUT2D eigenvalue weighted by molar-refractivity contribution is 14.2. The molecule has 0 saturated carbocycles. The normalized spacial score (nSPS) is 11.8. The third kappa shape index (κ3) is 3.95. The van der Waals surface area contributed by atoms with Gasteiger partial charge < -0.3 is 5.11 Å². The maximum atomic E-state index is 12.8. The fraction of sp³-hybridized carbons (Fsp3) is 0. The quantitative estimate of drug-likeness (QED) is 0.227. The minimum atomic E-state index is -1.46. The van der Waals surface area contributed by atoms with E-state index >= 15 is 0 Å². The second kappa shape index (κ2) is 8.43. The highest BCUT2D eigenvalue weighted by Crippen LogP contribution is 2.74. The molecule has 0 fully saturated rings. The average Bonchev–Trinajstić information content (AvgIpc) is 2.80. The second-order valence-electron chi connectivity index (χ2n) is 6.56. The fourth-order valence-corrected chi connectivity index (χ4v) is 8.23. The van der Waals surface area contributed by atoms with Gasteiger partial charge in [0.1, 0.15) is 5.75 Å². The van der Waals surface area contributed by atoms with Crippen molar-refractivity contribution < 1.29 is 9.90 Å². The molecule has 4 heteroatoms. The van der Waals surface area contributed by atoms with Crippen LogP contribution in [0.1, 0.15) is 15.9 Å². The van der Waals surface area contributed by atoms with Crippen molar-refractivity contribution in [2.75, 3.05) is 0 Å². The van der Waals surface area contributed by atoms with Crippen molar-refractivity contribution >= 4 is 34.2 Å². The summed E-state index contributed by atoms with van der Waals surface area (Å²) in [5.41, 5.74) is 1.20. The first-order valence-electron chi connectivity index (χ1n) is 9.16. The van der Waals surface area contributed by atoms with Crippen LogP contribution >= 0.6 is 28.4 Å². The van der Waals surface area contributed by atoms with Gasteiger partial charge >= 0.3 is 0 Å². The van der Waals surface area contributed by atoms with E-state index in [0.29, 0.717) is 11.1 Å². The number of rotatable bonds is 5.